The maximum Gasteiger partial charge on any atom is 0.0378 e. The van der Waals surface area contributed by atoms with Crippen LogP contribution in [-0.4, -0.2) is 19.1 Å². The lowest BCUT2D eigenvalue weighted by molar-refractivity contribution is 0.389. The highest BCUT2D eigenvalue weighted by molar-refractivity contribution is 5.54. The van der Waals surface area contributed by atoms with Crippen molar-refractivity contribution in [3.05, 3.63) is 29.8 Å². The molecule has 1 aromatic rings. The molecule has 1 aliphatic rings. The fraction of sp³-hybridized carbons (Fsp3) is 0.647. The molecule has 0 spiro atoms. The standard InChI is InChI=1S/C17H28N2/c1-17(2,3)15-9-4-5-10-16(15)19-13-11-14-8-6-7-12-18-14/h4-5,9-10,14,18-19H,6-8,11-13H2,1-3H3. The van der Waals surface area contributed by atoms with Crippen LogP contribution < -0.4 is 10.6 Å². The summed E-state index contributed by atoms with van der Waals surface area (Å²) in [6, 6.07) is 9.41. The van der Waals surface area contributed by atoms with Crippen molar-refractivity contribution < 1.29 is 0 Å². The Labute approximate surface area is 118 Å². The first-order valence-electron chi connectivity index (χ1n) is 7.64. The van der Waals surface area contributed by atoms with Crippen molar-refractivity contribution in [2.45, 2.75) is 57.9 Å². The molecule has 0 saturated carbocycles. The van der Waals surface area contributed by atoms with E-state index in [1.165, 1.54) is 43.5 Å². The number of benzene rings is 1. The van der Waals surface area contributed by atoms with Crippen molar-refractivity contribution in [2.24, 2.45) is 0 Å². The first kappa shape index (κ1) is 14.4. The zero-order valence-corrected chi connectivity index (χ0v) is 12.6. The molecule has 1 fully saturated rings. The van der Waals surface area contributed by atoms with E-state index in [4.69, 9.17) is 0 Å². The molecule has 1 heterocycles. The van der Waals surface area contributed by atoms with Crippen molar-refractivity contribution in [2.75, 3.05) is 18.4 Å². The first-order valence-corrected chi connectivity index (χ1v) is 7.64. The molecule has 106 valence electrons. The van der Waals surface area contributed by atoms with E-state index in [0.717, 1.165) is 6.54 Å². The Balaban J connectivity index is 1.88. The number of nitrogens with one attached hydrogen (secondary N) is 2. The molecule has 0 radical (unpaired) electrons. The Morgan fingerprint density at radius 3 is 2.68 bits per heavy atom. The molecule has 1 atom stereocenters. The fourth-order valence-corrected chi connectivity index (χ4v) is 2.84. The van der Waals surface area contributed by atoms with E-state index < -0.39 is 0 Å². The number of hydrogen-bond acceptors (Lipinski definition) is 2. The summed E-state index contributed by atoms with van der Waals surface area (Å²) in [7, 11) is 0. The average molecular weight is 260 g/mol. The lowest BCUT2D eigenvalue weighted by atomic mass is 9.86. The van der Waals surface area contributed by atoms with Crippen LogP contribution in [0.25, 0.3) is 0 Å². The minimum absolute atomic E-state index is 0.201. The summed E-state index contributed by atoms with van der Waals surface area (Å²) in [6.45, 7) is 9.08. The second kappa shape index (κ2) is 6.42. The van der Waals surface area contributed by atoms with Gasteiger partial charge in [0.2, 0.25) is 0 Å². The molecule has 0 amide bonds. The summed E-state index contributed by atoms with van der Waals surface area (Å²) < 4.78 is 0. The molecule has 1 unspecified atom stereocenters. The molecule has 2 nitrogen and oxygen atoms in total. The lowest BCUT2D eigenvalue weighted by Crippen LogP contribution is -2.35. The minimum Gasteiger partial charge on any atom is -0.385 e. The minimum atomic E-state index is 0.201. The Hall–Kier alpha value is -1.02. The van der Waals surface area contributed by atoms with Gasteiger partial charge in [0.15, 0.2) is 0 Å². The van der Waals surface area contributed by atoms with Gasteiger partial charge in [-0.2, -0.15) is 0 Å². The van der Waals surface area contributed by atoms with Crippen LogP contribution in [0.1, 0.15) is 52.0 Å². The second-order valence-electron chi connectivity index (χ2n) is 6.66. The zero-order valence-electron chi connectivity index (χ0n) is 12.6. The van der Waals surface area contributed by atoms with Crippen LogP contribution in [0, 0.1) is 0 Å². The number of para-hydroxylation sites is 1. The Bertz CT molecular complexity index is 386. The SMILES string of the molecule is CC(C)(C)c1ccccc1NCCC1CCCCN1. The molecule has 2 heteroatoms. The van der Waals surface area contributed by atoms with Crippen molar-refractivity contribution in [3.63, 3.8) is 0 Å². The predicted octanol–water partition coefficient (Wildman–Crippen LogP) is 3.93. The van der Waals surface area contributed by atoms with E-state index in [0.29, 0.717) is 6.04 Å². The van der Waals surface area contributed by atoms with Gasteiger partial charge in [0, 0.05) is 18.3 Å². The average Bonchev–Trinajstić information content (AvgIpc) is 2.39. The summed E-state index contributed by atoms with van der Waals surface area (Å²) in [5.74, 6) is 0. The van der Waals surface area contributed by atoms with Gasteiger partial charge in [-0.15, -0.1) is 0 Å². The molecular formula is C17H28N2. The maximum atomic E-state index is 3.63. The Kier molecular flexibility index (Phi) is 4.87. The van der Waals surface area contributed by atoms with Crippen LogP contribution in [0.3, 0.4) is 0 Å². The topological polar surface area (TPSA) is 24.1 Å². The van der Waals surface area contributed by atoms with Gasteiger partial charge in [0.05, 0.1) is 0 Å². The molecular weight excluding hydrogens is 232 g/mol. The summed E-state index contributed by atoms with van der Waals surface area (Å²) in [5, 5.41) is 7.24. The summed E-state index contributed by atoms with van der Waals surface area (Å²) in [4.78, 5) is 0. The molecule has 1 aromatic carbocycles. The molecule has 2 rings (SSSR count). The molecule has 1 aliphatic heterocycles. The van der Waals surface area contributed by atoms with E-state index in [2.05, 4.69) is 55.7 Å². The van der Waals surface area contributed by atoms with Crippen molar-refractivity contribution >= 4 is 5.69 Å². The monoisotopic (exact) mass is 260 g/mol. The fourth-order valence-electron chi connectivity index (χ4n) is 2.84. The van der Waals surface area contributed by atoms with Crippen LogP contribution in [0.4, 0.5) is 5.69 Å². The molecule has 0 aliphatic carbocycles. The van der Waals surface area contributed by atoms with E-state index in [1.54, 1.807) is 0 Å². The van der Waals surface area contributed by atoms with E-state index in [1.807, 2.05) is 0 Å². The van der Waals surface area contributed by atoms with Gasteiger partial charge in [-0.25, -0.2) is 0 Å². The van der Waals surface area contributed by atoms with Gasteiger partial charge < -0.3 is 10.6 Å². The van der Waals surface area contributed by atoms with Gasteiger partial charge in [-0.3, -0.25) is 0 Å². The van der Waals surface area contributed by atoms with Gasteiger partial charge in [-0.1, -0.05) is 45.4 Å². The molecule has 2 N–H and O–H groups in total. The van der Waals surface area contributed by atoms with Gasteiger partial charge in [0.1, 0.15) is 0 Å². The normalized spacial score (nSPS) is 20.3. The Morgan fingerprint density at radius 2 is 2.00 bits per heavy atom. The third-order valence-corrected chi connectivity index (χ3v) is 3.96. The summed E-state index contributed by atoms with van der Waals surface area (Å²) in [5.41, 5.74) is 2.91. The highest BCUT2D eigenvalue weighted by Gasteiger charge is 2.17. The highest BCUT2D eigenvalue weighted by atomic mass is 14.9. The van der Waals surface area contributed by atoms with Gasteiger partial charge in [0.25, 0.3) is 0 Å². The largest absolute Gasteiger partial charge is 0.385 e. The van der Waals surface area contributed by atoms with Crippen molar-refractivity contribution in [3.8, 4) is 0 Å². The van der Waals surface area contributed by atoms with Gasteiger partial charge in [-0.05, 0) is 42.9 Å². The van der Waals surface area contributed by atoms with Gasteiger partial charge >= 0.3 is 0 Å². The molecule has 19 heavy (non-hydrogen) atoms. The van der Waals surface area contributed by atoms with Crippen molar-refractivity contribution in [1.82, 2.24) is 5.32 Å². The van der Waals surface area contributed by atoms with Crippen molar-refractivity contribution in [1.29, 1.82) is 0 Å². The summed E-state index contributed by atoms with van der Waals surface area (Å²) in [6.07, 6.45) is 5.29. The van der Waals surface area contributed by atoms with Crippen LogP contribution in [0.15, 0.2) is 24.3 Å². The third kappa shape index (κ3) is 4.24. The van der Waals surface area contributed by atoms with E-state index >= 15 is 0 Å². The molecule has 0 bridgehead atoms. The van der Waals surface area contributed by atoms with E-state index in [9.17, 15) is 0 Å². The Morgan fingerprint density at radius 1 is 1.21 bits per heavy atom. The smallest absolute Gasteiger partial charge is 0.0378 e. The van der Waals surface area contributed by atoms with Crippen LogP contribution in [0.2, 0.25) is 0 Å². The lowest BCUT2D eigenvalue weighted by Gasteiger charge is -2.26. The number of piperidine rings is 1. The summed E-state index contributed by atoms with van der Waals surface area (Å²) >= 11 is 0. The number of anilines is 1. The van der Waals surface area contributed by atoms with Crippen LogP contribution in [0.5, 0.6) is 0 Å². The first-order chi connectivity index (χ1) is 9.07. The highest BCUT2D eigenvalue weighted by Crippen LogP contribution is 2.29. The number of hydrogen-bond donors (Lipinski definition) is 2. The molecule has 0 aromatic heterocycles. The zero-order chi connectivity index (χ0) is 13.7. The predicted molar refractivity (Wildman–Crippen MR) is 83.9 cm³/mol. The van der Waals surface area contributed by atoms with Crippen LogP contribution >= 0.6 is 0 Å². The number of rotatable bonds is 4. The van der Waals surface area contributed by atoms with Crippen LogP contribution in [-0.2, 0) is 5.41 Å². The quantitative estimate of drug-likeness (QED) is 0.857. The maximum absolute atomic E-state index is 3.63. The van der Waals surface area contributed by atoms with E-state index in [-0.39, 0.29) is 5.41 Å². The third-order valence-electron chi connectivity index (χ3n) is 3.96. The molecule has 1 saturated heterocycles. The second-order valence-corrected chi connectivity index (χ2v) is 6.66.